The second kappa shape index (κ2) is 6.00. The van der Waals surface area contributed by atoms with Gasteiger partial charge in [0.25, 0.3) is 5.91 Å². The molecular weight excluding hydrogens is 276 g/mol. The van der Waals surface area contributed by atoms with Gasteiger partial charge in [0.05, 0.1) is 16.8 Å². The van der Waals surface area contributed by atoms with E-state index in [9.17, 15) is 13.2 Å². The van der Waals surface area contributed by atoms with Crippen molar-refractivity contribution in [3.8, 4) is 0 Å². The third-order valence-corrected chi connectivity index (χ3v) is 4.21. The van der Waals surface area contributed by atoms with Crippen LogP contribution in [0.5, 0.6) is 0 Å². The van der Waals surface area contributed by atoms with E-state index in [-0.39, 0.29) is 11.3 Å². The maximum absolute atomic E-state index is 12.1. The summed E-state index contributed by atoms with van der Waals surface area (Å²) in [5.41, 5.74) is 0.765. The molecule has 0 atom stereocenters. The molecule has 0 spiro atoms. The van der Waals surface area contributed by atoms with Crippen LogP contribution in [0.2, 0.25) is 0 Å². The van der Waals surface area contributed by atoms with Gasteiger partial charge < -0.3 is 0 Å². The van der Waals surface area contributed by atoms with Crippen LogP contribution in [0.25, 0.3) is 10.9 Å². The van der Waals surface area contributed by atoms with E-state index in [4.69, 9.17) is 0 Å². The zero-order chi connectivity index (χ0) is 14.6. The molecule has 0 saturated heterocycles. The van der Waals surface area contributed by atoms with Crippen LogP contribution in [0.1, 0.15) is 30.1 Å². The lowest BCUT2D eigenvalue weighted by molar-refractivity contribution is 0.0983. The molecule has 0 aliphatic carbocycles. The molecule has 20 heavy (non-hydrogen) atoms. The first kappa shape index (κ1) is 14.5. The molecule has 6 heteroatoms. The summed E-state index contributed by atoms with van der Waals surface area (Å²) in [5, 5.41) is 0.797. The fraction of sp³-hybridized carbons (Fsp3) is 0.286. The number of nitrogens with one attached hydrogen (secondary N) is 1. The Hall–Kier alpha value is -1.95. The van der Waals surface area contributed by atoms with Crippen LogP contribution in [0.15, 0.2) is 36.5 Å². The predicted octanol–water partition coefficient (Wildman–Crippen LogP) is 2.09. The number of hydrogen-bond acceptors (Lipinski definition) is 4. The number of amides is 1. The Bertz CT molecular complexity index is 721. The summed E-state index contributed by atoms with van der Waals surface area (Å²) < 4.78 is 25.6. The molecular formula is C14H16N2O3S. The number of nitrogens with zero attached hydrogens (tertiary/aromatic N) is 1. The van der Waals surface area contributed by atoms with Gasteiger partial charge in [0.15, 0.2) is 0 Å². The Morgan fingerprint density at radius 1 is 1.25 bits per heavy atom. The molecule has 1 heterocycles. The number of benzene rings is 1. The lowest BCUT2D eigenvalue weighted by Crippen LogP contribution is -2.32. The quantitative estimate of drug-likeness (QED) is 0.915. The Labute approximate surface area is 118 Å². The summed E-state index contributed by atoms with van der Waals surface area (Å²) in [7, 11) is -3.59. The van der Waals surface area contributed by atoms with E-state index in [1.807, 2.05) is 19.1 Å². The summed E-state index contributed by atoms with van der Waals surface area (Å²) in [4.78, 5) is 16.2. The number of carbonyl (C=O) groups is 1. The van der Waals surface area contributed by atoms with E-state index in [0.29, 0.717) is 11.9 Å². The van der Waals surface area contributed by atoms with Gasteiger partial charge in [-0.25, -0.2) is 13.1 Å². The van der Waals surface area contributed by atoms with Crippen LogP contribution >= 0.6 is 0 Å². The van der Waals surface area contributed by atoms with Crippen molar-refractivity contribution in [1.82, 2.24) is 9.71 Å². The molecule has 1 aromatic carbocycles. The fourth-order valence-corrected chi connectivity index (χ4v) is 3.03. The number of para-hydroxylation sites is 1. The molecule has 0 unspecified atom stereocenters. The molecule has 1 amide bonds. The molecule has 0 radical (unpaired) electrons. The SMILES string of the molecule is CCCCS(=O)(=O)NC(=O)c1cccc2cccnc12. The van der Waals surface area contributed by atoms with Gasteiger partial charge >= 0.3 is 0 Å². The highest BCUT2D eigenvalue weighted by molar-refractivity contribution is 7.90. The Morgan fingerprint density at radius 3 is 2.75 bits per heavy atom. The van der Waals surface area contributed by atoms with Crippen LogP contribution in [0.4, 0.5) is 0 Å². The van der Waals surface area contributed by atoms with Crippen molar-refractivity contribution < 1.29 is 13.2 Å². The van der Waals surface area contributed by atoms with Crippen LogP contribution in [-0.2, 0) is 10.0 Å². The zero-order valence-electron chi connectivity index (χ0n) is 11.2. The average Bonchev–Trinajstić information content (AvgIpc) is 2.44. The topological polar surface area (TPSA) is 76.1 Å². The summed E-state index contributed by atoms with van der Waals surface area (Å²) in [6.45, 7) is 1.89. The van der Waals surface area contributed by atoms with Crippen molar-refractivity contribution in [2.75, 3.05) is 5.75 Å². The molecule has 0 aliphatic heterocycles. The van der Waals surface area contributed by atoms with Gasteiger partial charge in [-0.05, 0) is 18.6 Å². The summed E-state index contributed by atoms with van der Waals surface area (Å²) in [6.07, 6.45) is 2.85. The van der Waals surface area contributed by atoms with Gasteiger partial charge in [0, 0.05) is 11.6 Å². The van der Waals surface area contributed by atoms with Gasteiger partial charge in [-0.1, -0.05) is 31.5 Å². The van der Waals surface area contributed by atoms with Gasteiger partial charge in [-0.2, -0.15) is 0 Å². The second-order valence-corrected chi connectivity index (χ2v) is 6.33. The number of pyridine rings is 1. The van der Waals surface area contributed by atoms with E-state index in [0.717, 1.165) is 11.8 Å². The molecule has 1 N–H and O–H groups in total. The minimum atomic E-state index is -3.59. The van der Waals surface area contributed by atoms with Gasteiger partial charge in [0.1, 0.15) is 0 Å². The maximum Gasteiger partial charge on any atom is 0.266 e. The number of aromatic nitrogens is 1. The van der Waals surface area contributed by atoms with E-state index in [1.165, 1.54) is 0 Å². The van der Waals surface area contributed by atoms with Crippen LogP contribution < -0.4 is 4.72 Å². The summed E-state index contributed by atoms with van der Waals surface area (Å²) in [6, 6.07) is 8.69. The number of hydrogen-bond donors (Lipinski definition) is 1. The summed E-state index contributed by atoms with van der Waals surface area (Å²) >= 11 is 0. The smallest absolute Gasteiger partial charge is 0.266 e. The van der Waals surface area contributed by atoms with Crippen molar-refractivity contribution in [3.63, 3.8) is 0 Å². The highest BCUT2D eigenvalue weighted by atomic mass is 32.2. The van der Waals surface area contributed by atoms with Crippen molar-refractivity contribution in [2.24, 2.45) is 0 Å². The third-order valence-electron chi connectivity index (χ3n) is 2.89. The number of rotatable bonds is 5. The predicted molar refractivity (Wildman–Crippen MR) is 77.9 cm³/mol. The molecule has 2 rings (SSSR count). The molecule has 0 fully saturated rings. The molecule has 106 valence electrons. The van der Waals surface area contributed by atoms with Crippen molar-refractivity contribution in [2.45, 2.75) is 19.8 Å². The number of unbranched alkanes of at least 4 members (excludes halogenated alkanes) is 1. The number of carbonyl (C=O) groups excluding carboxylic acids is 1. The minimum absolute atomic E-state index is 0.0482. The Morgan fingerprint density at radius 2 is 2.00 bits per heavy atom. The molecule has 0 aliphatic rings. The normalized spacial score (nSPS) is 11.4. The standard InChI is InChI=1S/C14H16N2O3S/c1-2-3-10-20(18,19)16-14(17)12-8-4-6-11-7-5-9-15-13(11)12/h4-9H,2-3,10H2,1H3,(H,16,17). The van der Waals surface area contributed by atoms with Crippen LogP contribution in [0, 0.1) is 0 Å². The molecule has 1 aromatic heterocycles. The molecule has 2 aromatic rings. The first-order chi connectivity index (χ1) is 9.53. The highest BCUT2D eigenvalue weighted by Gasteiger charge is 2.17. The van der Waals surface area contributed by atoms with Gasteiger partial charge in [0.2, 0.25) is 10.0 Å². The van der Waals surface area contributed by atoms with E-state index in [2.05, 4.69) is 9.71 Å². The second-order valence-electron chi connectivity index (χ2n) is 4.48. The maximum atomic E-state index is 12.1. The minimum Gasteiger partial charge on any atom is -0.268 e. The van der Waals surface area contributed by atoms with Crippen LogP contribution in [0.3, 0.4) is 0 Å². The lowest BCUT2D eigenvalue weighted by Gasteiger charge is -2.08. The van der Waals surface area contributed by atoms with Crippen molar-refractivity contribution >= 4 is 26.8 Å². The van der Waals surface area contributed by atoms with E-state index < -0.39 is 15.9 Å². The van der Waals surface area contributed by atoms with Crippen molar-refractivity contribution in [1.29, 1.82) is 0 Å². The molecule has 5 nitrogen and oxygen atoms in total. The van der Waals surface area contributed by atoms with E-state index in [1.54, 1.807) is 24.4 Å². The summed E-state index contributed by atoms with van der Waals surface area (Å²) in [5.74, 6) is -0.682. The van der Waals surface area contributed by atoms with Gasteiger partial charge in [-0.15, -0.1) is 0 Å². The molecule has 0 bridgehead atoms. The molecule has 0 saturated carbocycles. The first-order valence-corrected chi connectivity index (χ1v) is 8.07. The van der Waals surface area contributed by atoms with Gasteiger partial charge in [-0.3, -0.25) is 9.78 Å². The largest absolute Gasteiger partial charge is 0.268 e. The van der Waals surface area contributed by atoms with Crippen molar-refractivity contribution in [3.05, 3.63) is 42.1 Å². The zero-order valence-corrected chi connectivity index (χ0v) is 12.0. The first-order valence-electron chi connectivity index (χ1n) is 6.42. The van der Waals surface area contributed by atoms with E-state index >= 15 is 0 Å². The highest BCUT2D eigenvalue weighted by Crippen LogP contribution is 2.16. The fourth-order valence-electron chi connectivity index (χ4n) is 1.87. The monoisotopic (exact) mass is 292 g/mol. The number of fused-ring (bicyclic) bond motifs is 1. The average molecular weight is 292 g/mol. The lowest BCUT2D eigenvalue weighted by atomic mass is 10.1. The third kappa shape index (κ3) is 3.33. The Kier molecular flexibility index (Phi) is 4.34. The van der Waals surface area contributed by atoms with Crippen LogP contribution in [-0.4, -0.2) is 25.1 Å². The number of sulfonamides is 1. The Balaban J connectivity index is 2.28.